The van der Waals surface area contributed by atoms with Gasteiger partial charge in [-0.25, -0.2) is 0 Å². The van der Waals surface area contributed by atoms with Crippen molar-refractivity contribution in [3.8, 4) is 0 Å². The van der Waals surface area contributed by atoms with Crippen molar-refractivity contribution in [2.24, 2.45) is 17.0 Å². The lowest BCUT2D eigenvalue weighted by atomic mass is 9.98. The second-order valence-corrected chi connectivity index (χ2v) is 7.04. The lowest BCUT2D eigenvalue weighted by Gasteiger charge is -2.31. The smallest absolute Gasteiger partial charge is 0.230 e. The van der Waals surface area contributed by atoms with E-state index in [4.69, 9.17) is 9.57 Å². The Morgan fingerprint density at radius 1 is 1.17 bits per heavy atom. The van der Waals surface area contributed by atoms with Gasteiger partial charge in [-0.15, -0.1) is 0 Å². The van der Waals surface area contributed by atoms with Crippen LogP contribution in [0.2, 0.25) is 0 Å². The molecule has 4 atom stereocenters. The zero-order chi connectivity index (χ0) is 18.4. The van der Waals surface area contributed by atoms with Gasteiger partial charge in [0.2, 0.25) is 5.90 Å². The first-order chi connectivity index (χ1) is 11.5. The zero-order valence-electron chi connectivity index (χ0n) is 17.2. The van der Waals surface area contributed by atoms with Crippen molar-refractivity contribution in [3.63, 3.8) is 0 Å². The van der Waals surface area contributed by atoms with E-state index in [1.54, 1.807) is 0 Å². The van der Waals surface area contributed by atoms with E-state index in [-0.39, 0.29) is 12.2 Å². The molecule has 0 aromatic heterocycles. The highest BCUT2D eigenvalue weighted by Crippen LogP contribution is 2.24. The summed E-state index contributed by atoms with van der Waals surface area (Å²) in [6.07, 6.45) is 7.47. The molecule has 0 radical (unpaired) electrons. The van der Waals surface area contributed by atoms with Gasteiger partial charge in [-0.2, -0.15) is 0 Å². The van der Waals surface area contributed by atoms with Gasteiger partial charge in [0.1, 0.15) is 6.10 Å². The van der Waals surface area contributed by atoms with Gasteiger partial charge in [0.25, 0.3) is 0 Å². The molecule has 1 fully saturated rings. The molecule has 2 aliphatic heterocycles. The number of hydrogen-bond acceptors (Lipinski definition) is 4. The summed E-state index contributed by atoms with van der Waals surface area (Å²) in [5.74, 6) is 1.88. The summed E-state index contributed by atoms with van der Waals surface area (Å²) in [5.41, 5.74) is 0. The van der Waals surface area contributed by atoms with Crippen LogP contribution in [0.5, 0.6) is 0 Å². The van der Waals surface area contributed by atoms with E-state index >= 15 is 0 Å². The van der Waals surface area contributed by atoms with E-state index in [2.05, 4.69) is 52.0 Å². The highest BCUT2D eigenvalue weighted by atomic mass is 16.7. The SMILES string of the molecule is CCC.CCC(C)CC1OC(C2CCNC2)=NOC1C.CCCC. The third-order valence-electron chi connectivity index (χ3n) is 4.35. The van der Waals surface area contributed by atoms with E-state index in [1.165, 1.54) is 25.7 Å². The minimum Gasteiger partial charge on any atom is -0.471 e. The number of oxime groups is 1. The van der Waals surface area contributed by atoms with Crippen LogP contribution in [0.15, 0.2) is 5.16 Å². The molecule has 0 aliphatic carbocycles. The number of rotatable bonds is 5. The third-order valence-corrected chi connectivity index (χ3v) is 4.35. The molecule has 4 nitrogen and oxygen atoms in total. The predicted molar refractivity (Wildman–Crippen MR) is 104 cm³/mol. The summed E-state index contributed by atoms with van der Waals surface area (Å²) in [4.78, 5) is 5.50. The Morgan fingerprint density at radius 3 is 2.25 bits per heavy atom. The molecule has 24 heavy (non-hydrogen) atoms. The first kappa shape index (κ1) is 23.2. The molecule has 1 saturated heterocycles. The molecule has 1 N–H and O–H groups in total. The Kier molecular flexibility index (Phi) is 14.1. The first-order valence-corrected chi connectivity index (χ1v) is 10.1. The topological polar surface area (TPSA) is 42.8 Å². The van der Waals surface area contributed by atoms with E-state index < -0.39 is 0 Å². The fraction of sp³-hybridized carbons (Fsp3) is 0.950. The van der Waals surface area contributed by atoms with Gasteiger partial charge in [0.15, 0.2) is 6.10 Å². The lowest BCUT2D eigenvalue weighted by Crippen LogP contribution is -2.39. The standard InChI is InChI=1S/C13H24N2O2.C4H10.C3H8/c1-4-9(2)7-12-10(3)17-15-13(16-12)11-5-6-14-8-11;1-3-4-2;1-3-2/h9-12,14H,4-8H2,1-3H3;3-4H2,1-2H3;3H2,1-2H3. The third kappa shape index (κ3) is 9.51. The van der Waals surface area contributed by atoms with Gasteiger partial charge in [0, 0.05) is 6.54 Å². The van der Waals surface area contributed by atoms with Gasteiger partial charge in [-0.3, -0.25) is 0 Å². The number of hydrogen-bond donors (Lipinski definition) is 1. The Bertz CT molecular complexity index is 313. The maximum absolute atomic E-state index is 6.04. The molecule has 4 unspecified atom stereocenters. The monoisotopic (exact) mass is 342 g/mol. The van der Waals surface area contributed by atoms with E-state index in [1.807, 2.05) is 6.92 Å². The Hall–Kier alpha value is -0.770. The zero-order valence-corrected chi connectivity index (χ0v) is 17.2. The van der Waals surface area contributed by atoms with Crippen LogP contribution in [0.25, 0.3) is 0 Å². The van der Waals surface area contributed by atoms with Crippen molar-refractivity contribution in [2.75, 3.05) is 13.1 Å². The van der Waals surface area contributed by atoms with Crippen molar-refractivity contribution in [1.82, 2.24) is 5.32 Å². The molecule has 2 heterocycles. The second kappa shape index (κ2) is 14.6. The highest BCUT2D eigenvalue weighted by Gasteiger charge is 2.32. The van der Waals surface area contributed by atoms with E-state index in [0.717, 1.165) is 31.8 Å². The van der Waals surface area contributed by atoms with Gasteiger partial charge in [0.05, 0.1) is 5.92 Å². The van der Waals surface area contributed by atoms with Crippen LogP contribution in [0.1, 0.15) is 87.0 Å². The lowest BCUT2D eigenvalue weighted by molar-refractivity contribution is -0.0627. The molecule has 0 saturated carbocycles. The Morgan fingerprint density at radius 2 is 1.79 bits per heavy atom. The Labute approximate surface area is 150 Å². The van der Waals surface area contributed by atoms with Crippen molar-refractivity contribution >= 4 is 5.90 Å². The molecule has 144 valence electrons. The average Bonchev–Trinajstić information content (AvgIpc) is 3.12. The maximum atomic E-state index is 6.04. The van der Waals surface area contributed by atoms with Crippen molar-refractivity contribution in [1.29, 1.82) is 0 Å². The first-order valence-electron chi connectivity index (χ1n) is 10.1. The molecule has 4 heteroatoms. The maximum Gasteiger partial charge on any atom is 0.230 e. The molecular formula is C20H42N2O2. The van der Waals surface area contributed by atoms with Crippen molar-refractivity contribution in [3.05, 3.63) is 0 Å². The average molecular weight is 343 g/mol. The van der Waals surface area contributed by atoms with Gasteiger partial charge in [-0.05, 0) is 32.2 Å². The molecule has 2 rings (SSSR count). The number of nitrogens with one attached hydrogen (secondary N) is 1. The summed E-state index contributed by atoms with van der Waals surface area (Å²) >= 11 is 0. The molecule has 0 bridgehead atoms. The molecule has 0 spiro atoms. The minimum absolute atomic E-state index is 0.0714. The van der Waals surface area contributed by atoms with Gasteiger partial charge < -0.3 is 14.9 Å². The van der Waals surface area contributed by atoms with Crippen LogP contribution in [0.4, 0.5) is 0 Å². The van der Waals surface area contributed by atoms with Crippen molar-refractivity contribution < 1.29 is 9.57 Å². The number of ether oxygens (including phenoxy) is 1. The number of nitrogens with zero attached hydrogens (tertiary/aromatic N) is 1. The minimum atomic E-state index is 0.0714. The molecule has 0 aromatic carbocycles. The molecule has 0 aromatic rings. The summed E-state index contributed by atoms with van der Waals surface area (Å²) < 4.78 is 6.04. The molecule has 0 amide bonds. The van der Waals surface area contributed by atoms with Crippen LogP contribution in [0.3, 0.4) is 0 Å². The molecular weight excluding hydrogens is 300 g/mol. The Balaban J connectivity index is 0.000000648. The summed E-state index contributed by atoms with van der Waals surface area (Å²) in [7, 11) is 0. The van der Waals surface area contributed by atoms with Gasteiger partial charge >= 0.3 is 0 Å². The quantitative estimate of drug-likeness (QED) is 0.730. The van der Waals surface area contributed by atoms with Crippen LogP contribution in [0, 0.1) is 11.8 Å². The number of unbranched alkanes of at least 4 members (excludes halogenated alkanes) is 1. The van der Waals surface area contributed by atoms with Crippen LogP contribution >= 0.6 is 0 Å². The molecule has 2 aliphatic rings. The fourth-order valence-electron chi connectivity index (χ4n) is 2.31. The highest BCUT2D eigenvalue weighted by molar-refractivity contribution is 5.79. The normalized spacial score (nSPS) is 26.6. The predicted octanol–water partition coefficient (Wildman–Crippen LogP) is 5.37. The summed E-state index contributed by atoms with van der Waals surface area (Å²) in [5, 5.41) is 7.46. The largest absolute Gasteiger partial charge is 0.471 e. The second-order valence-electron chi connectivity index (χ2n) is 7.04. The van der Waals surface area contributed by atoms with Crippen LogP contribution < -0.4 is 5.32 Å². The van der Waals surface area contributed by atoms with Gasteiger partial charge in [-0.1, -0.05) is 72.4 Å². The van der Waals surface area contributed by atoms with E-state index in [0.29, 0.717) is 11.8 Å². The fourth-order valence-corrected chi connectivity index (χ4v) is 2.31. The summed E-state index contributed by atoms with van der Waals surface area (Å²) in [6, 6.07) is 0. The van der Waals surface area contributed by atoms with Crippen LogP contribution in [-0.2, 0) is 9.57 Å². The summed E-state index contributed by atoms with van der Waals surface area (Å²) in [6.45, 7) is 17.2. The van der Waals surface area contributed by atoms with Crippen molar-refractivity contribution in [2.45, 2.75) is 99.2 Å². The van der Waals surface area contributed by atoms with E-state index in [9.17, 15) is 0 Å². The van der Waals surface area contributed by atoms with Crippen LogP contribution in [-0.4, -0.2) is 31.2 Å².